The van der Waals surface area contributed by atoms with Crippen molar-refractivity contribution in [1.29, 1.82) is 0 Å². The number of fused-ring (bicyclic) bond motifs is 1. The smallest absolute Gasteiger partial charge is 0.406 e. The highest BCUT2D eigenvalue weighted by Crippen LogP contribution is 2.42. The Kier molecular flexibility index (Phi) is 5.50. The van der Waals surface area contributed by atoms with Gasteiger partial charge in [-0.05, 0) is 18.2 Å². The van der Waals surface area contributed by atoms with Crippen LogP contribution in [-0.4, -0.2) is 64.1 Å². The van der Waals surface area contributed by atoms with Crippen LogP contribution < -0.4 is 15.0 Å². The van der Waals surface area contributed by atoms with E-state index in [-0.39, 0.29) is 19.0 Å². The fourth-order valence-electron chi connectivity index (χ4n) is 3.25. The molecule has 2 amide bonds. The van der Waals surface area contributed by atoms with Crippen LogP contribution in [0.1, 0.15) is 23.2 Å². The number of benzene rings is 1. The van der Waals surface area contributed by atoms with Crippen LogP contribution in [0.5, 0.6) is 5.75 Å². The number of nitrogens with one attached hydrogen (secondary N) is 1. The molecule has 9 heteroatoms. The zero-order chi connectivity index (χ0) is 19.4. The van der Waals surface area contributed by atoms with E-state index >= 15 is 0 Å². The van der Waals surface area contributed by atoms with Gasteiger partial charge in [0.15, 0.2) is 5.60 Å². The van der Waals surface area contributed by atoms with Crippen LogP contribution in [0.3, 0.4) is 0 Å². The molecule has 1 fully saturated rings. The molecule has 146 valence electrons. The molecule has 3 rings (SSSR count). The quantitative estimate of drug-likeness (QED) is 0.783. The topological polar surface area (TPSA) is 103 Å². The first-order valence-electron chi connectivity index (χ1n) is 8.63. The molecule has 2 heterocycles. The standard InChI is InChI=1S/C18H22N2O7/c1-24-15(21)12-3-4-14-13(11-12)20(8-7-19-17(23)25-2)16(22)18(27-14)5-9-26-10-6-18/h3-4,11H,5-10H2,1-2H3,(H,19,23). The predicted molar refractivity (Wildman–Crippen MR) is 94.0 cm³/mol. The van der Waals surface area contributed by atoms with Crippen LogP contribution in [0.2, 0.25) is 0 Å². The van der Waals surface area contributed by atoms with Crippen molar-refractivity contribution in [3.8, 4) is 5.75 Å². The molecule has 0 radical (unpaired) electrons. The Morgan fingerprint density at radius 2 is 1.96 bits per heavy atom. The fraction of sp³-hybridized carbons (Fsp3) is 0.500. The van der Waals surface area contributed by atoms with Crippen molar-refractivity contribution in [2.24, 2.45) is 0 Å². The maximum absolute atomic E-state index is 13.2. The second-order valence-corrected chi connectivity index (χ2v) is 6.26. The summed E-state index contributed by atoms with van der Waals surface area (Å²) in [6, 6.07) is 4.81. The fourth-order valence-corrected chi connectivity index (χ4v) is 3.25. The van der Waals surface area contributed by atoms with Gasteiger partial charge in [0.25, 0.3) is 5.91 Å². The molecule has 1 N–H and O–H groups in total. The average molecular weight is 378 g/mol. The van der Waals surface area contributed by atoms with Crippen molar-refractivity contribution >= 4 is 23.7 Å². The molecule has 0 aliphatic carbocycles. The molecule has 0 saturated carbocycles. The Morgan fingerprint density at radius 3 is 2.63 bits per heavy atom. The summed E-state index contributed by atoms with van der Waals surface area (Å²) in [5.41, 5.74) is -0.225. The van der Waals surface area contributed by atoms with Crippen molar-refractivity contribution in [1.82, 2.24) is 5.32 Å². The highest BCUT2D eigenvalue weighted by atomic mass is 16.5. The Hall–Kier alpha value is -2.81. The van der Waals surface area contributed by atoms with Gasteiger partial charge >= 0.3 is 12.1 Å². The average Bonchev–Trinajstić information content (AvgIpc) is 2.70. The largest absolute Gasteiger partial charge is 0.475 e. The van der Waals surface area contributed by atoms with Crippen molar-refractivity contribution in [2.45, 2.75) is 18.4 Å². The third kappa shape index (κ3) is 3.68. The van der Waals surface area contributed by atoms with Crippen LogP contribution >= 0.6 is 0 Å². The highest BCUT2D eigenvalue weighted by Gasteiger charge is 2.49. The number of nitrogens with zero attached hydrogens (tertiary/aromatic N) is 1. The molecule has 0 atom stereocenters. The van der Waals surface area contributed by atoms with Crippen molar-refractivity contribution in [3.63, 3.8) is 0 Å². The molecule has 0 unspecified atom stereocenters. The lowest BCUT2D eigenvalue weighted by Gasteiger charge is -2.44. The number of alkyl carbamates (subject to hydrolysis) is 1. The van der Waals surface area contributed by atoms with Gasteiger partial charge in [-0.15, -0.1) is 0 Å². The van der Waals surface area contributed by atoms with Gasteiger partial charge < -0.3 is 29.2 Å². The first kappa shape index (κ1) is 19.0. The van der Waals surface area contributed by atoms with Crippen LogP contribution in [0.15, 0.2) is 18.2 Å². The molecule has 1 spiro atoms. The van der Waals surface area contributed by atoms with Gasteiger partial charge in [-0.25, -0.2) is 9.59 Å². The lowest BCUT2D eigenvalue weighted by molar-refractivity contribution is -0.144. The molecule has 1 aromatic carbocycles. The van der Waals surface area contributed by atoms with Crippen LogP contribution in [-0.2, 0) is 19.0 Å². The van der Waals surface area contributed by atoms with Gasteiger partial charge in [-0.3, -0.25) is 4.79 Å². The molecular weight excluding hydrogens is 356 g/mol. The molecule has 0 bridgehead atoms. The van der Waals surface area contributed by atoms with Gasteiger partial charge in [0.05, 0.1) is 38.7 Å². The highest BCUT2D eigenvalue weighted by molar-refractivity contribution is 6.04. The summed E-state index contributed by atoms with van der Waals surface area (Å²) in [5.74, 6) is -0.224. The molecular formula is C18H22N2O7. The number of hydrogen-bond acceptors (Lipinski definition) is 7. The Bertz CT molecular complexity index is 743. The van der Waals surface area contributed by atoms with Crippen LogP contribution in [0.4, 0.5) is 10.5 Å². The second kappa shape index (κ2) is 7.83. The molecule has 1 aromatic rings. The van der Waals surface area contributed by atoms with E-state index in [0.717, 1.165) is 0 Å². The minimum Gasteiger partial charge on any atom is -0.475 e. The number of rotatable bonds is 4. The lowest BCUT2D eigenvalue weighted by atomic mass is 9.90. The van der Waals surface area contributed by atoms with E-state index in [9.17, 15) is 14.4 Å². The van der Waals surface area contributed by atoms with Gasteiger partial charge in [-0.1, -0.05) is 0 Å². The van der Waals surface area contributed by atoms with Gasteiger partial charge in [0.1, 0.15) is 5.75 Å². The van der Waals surface area contributed by atoms with E-state index in [4.69, 9.17) is 14.2 Å². The first-order chi connectivity index (χ1) is 13.0. The lowest BCUT2D eigenvalue weighted by Crippen LogP contribution is -2.59. The molecule has 9 nitrogen and oxygen atoms in total. The number of methoxy groups -OCH3 is 2. The first-order valence-corrected chi connectivity index (χ1v) is 8.63. The second-order valence-electron chi connectivity index (χ2n) is 6.26. The van der Waals surface area contributed by atoms with E-state index in [2.05, 4.69) is 10.1 Å². The van der Waals surface area contributed by atoms with E-state index < -0.39 is 17.7 Å². The molecule has 1 saturated heterocycles. The molecule has 0 aromatic heterocycles. The SMILES string of the molecule is COC(=O)NCCN1C(=O)C2(CCOCC2)Oc2ccc(C(=O)OC)cc21. The van der Waals surface area contributed by atoms with Crippen molar-refractivity contribution in [2.75, 3.05) is 45.4 Å². The van der Waals surface area contributed by atoms with E-state index in [0.29, 0.717) is 43.1 Å². The van der Waals surface area contributed by atoms with Gasteiger partial charge in [0, 0.05) is 25.9 Å². The minimum atomic E-state index is -0.997. The summed E-state index contributed by atoms with van der Waals surface area (Å²) >= 11 is 0. The number of anilines is 1. The summed E-state index contributed by atoms with van der Waals surface area (Å²) < 4.78 is 20.8. The molecule has 2 aliphatic rings. The minimum absolute atomic E-state index is 0.187. The molecule has 27 heavy (non-hydrogen) atoms. The Balaban J connectivity index is 1.93. The monoisotopic (exact) mass is 378 g/mol. The van der Waals surface area contributed by atoms with Crippen LogP contribution in [0.25, 0.3) is 0 Å². The number of esters is 1. The third-order valence-corrected chi connectivity index (χ3v) is 4.70. The Labute approximate surface area is 156 Å². The summed E-state index contributed by atoms with van der Waals surface area (Å²) in [7, 11) is 2.56. The Morgan fingerprint density at radius 1 is 1.22 bits per heavy atom. The molecule has 2 aliphatic heterocycles. The summed E-state index contributed by atoms with van der Waals surface area (Å²) in [6.07, 6.45) is 0.288. The van der Waals surface area contributed by atoms with Crippen LogP contribution in [0, 0.1) is 0 Å². The van der Waals surface area contributed by atoms with Crippen molar-refractivity contribution in [3.05, 3.63) is 23.8 Å². The number of ether oxygens (including phenoxy) is 4. The van der Waals surface area contributed by atoms with Gasteiger partial charge in [0.2, 0.25) is 0 Å². The maximum Gasteiger partial charge on any atom is 0.406 e. The third-order valence-electron chi connectivity index (χ3n) is 4.70. The zero-order valence-corrected chi connectivity index (χ0v) is 15.3. The summed E-state index contributed by atoms with van der Waals surface area (Å²) in [5, 5.41) is 2.56. The van der Waals surface area contributed by atoms with E-state index in [1.807, 2.05) is 0 Å². The maximum atomic E-state index is 13.2. The number of carbonyl (C=O) groups is 3. The summed E-state index contributed by atoms with van der Waals surface area (Å²) in [4.78, 5) is 38.0. The normalized spacial score (nSPS) is 17.7. The zero-order valence-electron chi connectivity index (χ0n) is 15.3. The van der Waals surface area contributed by atoms with Crippen molar-refractivity contribution < 1.29 is 33.3 Å². The van der Waals surface area contributed by atoms with E-state index in [1.165, 1.54) is 19.1 Å². The van der Waals surface area contributed by atoms with Gasteiger partial charge in [-0.2, -0.15) is 0 Å². The predicted octanol–water partition coefficient (Wildman–Crippen LogP) is 1.10. The number of carbonyl (C=O) groups excluding carboxylic acids is 3. The van der Waals surface area contributed by atoms with E-state index in [1.54, 1.807) is 18.2 Å². The summed E-state index contributed by atoms with van der Waals surface area (Å²) in [6.45, 7) is 1.25. The number of hydrogen-bond donors (Lipinski definition) is 1. The number of amides is 2.